The summed E-state index contributed by atoms with van der Waals surface area (Å²) in [4.78, 5) is 28.8. The number of rotatable bonds is 2. The van der Waals surface area contributed by atoms with Gasteiger partial charge in [0.05, 0.1) is 30.2 Å². The molecule has 0 fully saturated rings. The summed E-state index contributed by atoms with van der Waals surface area (Å²) in [5.74, 6) is -4.86. The molecule has 0 bridgehead atoms. The first-order chi connectivity index (χ1) is 15.0. The summed E-state index contributed by atoms with van der Waals surface area (Å²) in [5, 5.41) is -0.0785. The molecule has 1 amide bonds. The third-order valence-corrected chi connectivity index (χ3v) is 5.35. The van der Waals surface area contributed by atoms with Crippen molar-refractivity contribution in [3.63, 3.8) is 0 Å². The number of aromatic amines is 1. The quantitative estimate of drug-likeness (QED) is 0.585. The van der Waals surface area contributed by atoms with Gasteiger partial charge in [-0.15, -0.1) is 0 Å². The number of carbonyl (C=O) groups is 1. The first-order valence-electron chi connectivity index (χ1n) is 9.24. The van der Waals surface area contributed by atoms with Crippen LogP contribution < -0.4 is 5.56 Å². The van der Waals surface area contributed by atoms with Crippen LogP contribution in [0.25, 0.3) is 10.8 Å². The fourth-order valence-electron chi connectivity index (χ4n) is 3.77. The number of halogens is 6. The average Bonchev–Trinajstić information content (AvgIpc) is 2.72. The summed E-state index contributed by atoms with van der Waals surface area (Å²) >= 11 is 0. The number of amides is 1. The van der Waals surface area contributed by atoms with Crippen molar-refractivity contribution in [1.82, 2.24) is 9.88 Å². The number of aromatic nitrogens is 1. The maximum absolute atomic E-state index is 14.0. The maximum Gasteiger partial charge on any atom is 0.419 e. The molecule has 1 aliphatic rings. The van der Waals surface area contributed by atoms with Crippen molar-refractivity contribution >= 4 is 16.7 Å². The minimum atomic E-state index is -4.92. The zero-order valence-corrected chi connectivity index (χ0v) is 16.3. The van der Waals surface area contributed by atoms with Crippen LogP contribution in [0.1, 0.15) is 33.2 Å². The number of benzene rings is 2. The second-order valence-electron chi connectivity index (χ2n) is 7.30. The molecule has 32 heavy (non-hydrogen) atoms. The maximum atomic E-state index is 14.0. The molecule has 3 aromatic rings. The molecule has 1 N–H and O–H groups in total. The number of pyridine rings is 1. The Hall–Kier alpha value is -3.34. The summed E-state index contributed by atoms with van der Waals surface area (Å²) in [5.41, 5.74) is -2.00. The monoisotopic (exact) mass is 456 g/mol. The van der Waals surface area contributed by atoms with Gasteiger partial charge < -0.3 is 14.6 Å². The van der Waals surface area contributed by atoms with Gasteiger partial charge >= 0.3 is 6.18 Å². The van der Waals surface area contributed by atoms with Crippen molar-refractivity contribution in [1.29, 1.82) is 0 Å². The number of nitrogens with zero attached hydrogens (tertiary/aromatic N) is 1. The largest absolute Gasteiger partial charge is 0.419 e. The second-order valence-corrected chi connectivity index (χ2v) is 7.30. The van der Waals surface area contributed by atoms with E-state index in [-0.39, 0.29) is 35.2 Å². The zero-order valence-electron chi connectivity index (χ0n) is 16.3. The van der Waals surface area contributed by atoms with Crippen LogP contribution in [-0.4, -0.2) is 29.4 Å². The molecule has 4 rings (SSSR count). The summed E-state index contributed by atoms with van der Waals surface area (Å²) < 4.78 is 85.4. The Kier molecular flexibility index (Phi) is 5.24. The predicted molar refractivity (Wildman–Crippen MR) is 100 cm³/mol. The van der Waals surface area contributed by atoms with Crippen molar-refractivity contribution in [2.24, 2.45) is 0 Å². The van der Waals surface area contributed by atoms with E-state index in [0.29, 0.717) is 17.7 Å². The number of likely N-dealkylation sites (N-methyl/N-ethyl adjacent to an activating group) is 1. The van der Waals surface area contributed by atoms with Crippen LogP contribution in [0.15, 0.2) is 35.1 Å². The molecule has 0 unspecified atom stereocenters. The lowest BCUT2D eigenvalue weighted by Gasteiger charge is -2.34. The number of fused-ring (bicyclic) bond motifs is 3. The number of H-pyrrole nitrogens is 1. The number of hydrogen-bond acceptors (Lipinski definition) is 3. The molecule has 1 aromatic heterocycles. The van der Waals surface area contributed by atoms with E-state index in [1.165, 1.54) is 7.05 Å². The summed E-state index contributed by atoms with van der Waals surface area (Å²) in [6.45, 7) is -0.161. The van der Waals surface area contributed by atoms with Gasteiger partial charge in [0.25, 0.3) is 11.5 Å². The van der Waals surface area contributed by atoms with Crippen LogP contribution in [-0.2, 0) is 17.5 Å². The molecule has 0 spiro atoms. The summed E-state index contributed by atoms with van der Waals surface area (Å²) in [7, 11) is 1.30. The zero-order chi connectivity index (χ0) is 23.4. The molecule has 5 nitrogen and oxygen atoms in total. The highest BCUT2D eigenvalue weighted by molar-refractivity contribution is 5.95. The second kappa shape index (κ2) is 7.66. The number of nitrogens with one attached hydrogen (secondary N) is 1. The predicted octanol–water partition coefficient (Wildman–Crippen LogP) is 4.31. The number of hydrogen-bond donors (Lipinski definition) is 1. The molecule has 0 saturated heterocycles. The summed E-state index contributed by atoms with van der Waals surface area (Å²) in [6.07, 6.45) is -4.92. The van der Waals surface area contributed by atoms with Crippen molar-refractivity contribution in [3.05, 3.63) is 80.5 Å². The Morgan fingerprint density at radius 3 is 2.34 bits per heavy atom. The highest BCUT2D eigenvalue weighted by atomic mass is 19.4. The van der Waals surface area contributed by atoms with Crippen molar-refractivity contribution in [2.75, 3.05) is 13.7 Å². The van der Waals surface area contributed by atoms with Gasteiger partial charge in [-0.05, 0) is 35.7 Å². The smallest absolute Gasteiger partial charge is 0.373 e. The van der Waals surface area contributed by atoms with E-state index < -0.39 is 46.7 Å². The van der Waals surface area contributed by atoms with Gasteiger partial charge in [0, 0.05) is 23.9 Å². The third-order valence-electron chi connectivity index (χ3n) is 5.35. The lowest BCUT2D eigenvalue weighted by atomic mass is 9.95. The van der Waals surface area contributed by atoms with E-state index >= 15 is 0 Å². The van der Waals surface area contributed by atoms with E-state index in [9.17, 15) is 35.9 Å². The SMILES string of the molecule is CN(C(=O)c1ccc(C(F)(F)F)c(F)c1)[C@@H]1COCc2[nH]c(=O)c3cc(F)c(F)cc3c21. The molecule has 0 radical (unpaired) electrons. The number of alkyl halides is 3. The van der Waals surface area contributed by atoms with Gasteiger partial charge in [0.1, 0.15) is 5.82 Å². The Morgan fingerprint density at radius 2 is 1.72 bits per heavy atom. The summed E-state index contributed by atoms with van der Waals surface area (Å²) in [6, 6.07) is 2.45. The van der Waals surface area contributed by atoms with Crippen molar-refractivity contribution in [2.45, 2.75) is 18.8 Å². The minimum Gasteiger partial charge on any atom is -0.373 e. The first kappa shape index (κ1) is 21.9. The van der Waals surface area contributed by atoms with Crippen LogP contribution in [0, 0.1) is 17.5 Å². The van der Waals surface area contributed by atoms with E-state index in [2.05, 4.69) is 4.98 Å². The Labute approximate surface area is 176 Å². The van der Waals surface area contributed by atoms with Gasteiger partial charge in [-0.2, -0.15) is 13.2 Å². The van der Waals surface area contributed by atoms with Crippen LogP contribution in [0.5, 0.6) is 0 Å². The molecule has 2 aromatic carbocycles. The molecule has 2 heterocycles. The highest BCUT2D eigenvalue weighted by Gasteiger charge is 2.35. The van der Waals surface area contributed by atoms with Gasteiger partial charge in [-0.3, -0.25) is 9.59 Å². The van der Waals surface area contributed by atoms with E-state index in [4.69, 9.17) is 4.74 Å². The van der Waals surface area contributed by atoms with Crippen LogP contribution >= 0.6 is 0 Å². The number of carbonyl (C=O) groups excluding carboxylic acids is 1. The van der Waals surface area contributed by atoms with Crippen LogP contribution in [0.4, 0.5) is 26.3 Å². The van der Waals surface area contributed by atoms with Crippen molar-refractivity contribution < 1.29 is 35.9 Å². The highest BCUT2D eigenvalue weighted by Crippen LogP contribution is 2.35. The van der Waals surface area contributed by atoms with Gasteiger partial charge in [-0.25, -0.2) is 13.2 Å². The lowest BCUT2D eigenvalue weighted by molar-refractivity contribution is -0.140. The molecule has 168 valence electrons. The third kappa shape index (κ3) is 3.62. The normalized spacial score (nSPS) is 16.2. The van der Waals surface area contributed by atoms with Crippen LogP contribution in [0.3, 0.4) is 0 Å². The van der Waals surface area contributed by atoms with E-state index in [0.717, 1.165) is 23.1 Å². The molecular weight excluding hydrogens is 442 g/mol. The van der Waals surface area contributed by atoms with Gasteiger partial charge in [0.2, 0.25) is 0 Å². The molecular formula is C21H14F6N2O3. The van der Waals surface area contributed by atoms with E-state index in [1.54, 1.807) is 0 Å². The molecule has 11 heteroatoms. The van der Waals surface area contributed by atoms with Gasteiger partial charge in [-0.1, -0.05) is 0 Å². The Morgan fingerprint density at radius 1 is 1.06 bits per heavy atom. The lowest BCUT2D eigenvalue weighted by Crippen LogP contribution is -2.37. The van der Waals surface area contributed by atoms with E-state index in [1.807, 2.05) is 0 Å². The molecule has 0 aliphatic carbocycles. The minimum absolute atomic E-state index is 0.0626. The first-order valence-corrected chi connectivity index (χ1v) is 9.24. The standard InChI is InChI=1S/C21H14F6N2O3/c1-29(20(31)9-2-3-12(13(22)4-9)21(25,26)27)17-8-32-7-16-18(17)10-5-14(23)15(24)6-11(10)19(30)28-16/h2-6,17H,7-8H2,1H3,(H,28,30)/t17-/m1/s1. The average molecular weight is 456 g/mol. The topological polar surface area (TPSA) is 62.4 Å². The number of ether oxygens (including phenoxy) is 1. The van der Waals surface area contributed by atoms with Crippen molar-refractivity contribution in [3.8, 4) is 0 Å². The Bertz CT molecular complexity index is 1300. The fraction of sp³-hybridized carbons (Fsp3) is 0.238. The van der Waals surface area contributed by atoms with Crippen LogP contribution in [0.2, 0.25) is 0 Å². The molecule has 1 atom stereocenters. The van der Waals surface area contributed by atoms with Gasteiger partial charge in [0.15, 0.2) is 11.6 Å². The molecule has 1 aliphatic heterocycles. The Balaban J connectivity index is 1.79. The molecule has 0 saturated carbocycles. The fourth-order valence-corrected chi connectivity index (χ4v) is 3.77.